The van der Waals surface area contributed by atoms with Gasteiger partial charge in [-0.05, 0) is 6.08 Å². The maximum Gasteiger partial charge on any atom is 0.223 e. The molecule has 0 aliphatic heterocycles. The second-order valence-corrected chi connectivity index (χ2v) is 2.98. The molecule has 1 amide bonds. The second-order valence-electron chi connectivity index (χ2n) is 2.98. The Morgan fingerprint density at radius 2 is 2.36 bits per heavy atom. The third-order valence-electron chi connectivity index (χ3n) is 2.03. The molecule has 1 rings (SSSR count). The lowest BCUT2D eigenvalue weighted by atomic mass is 10.1. The molecule has 0 fully saturated rings. The summed E-state index contributed by atoms with van der Waals surface area (Å²) >= 11 is 0. The summed E-state index contributed by atoms with van der Waals surface area (Å²) in [6.45, 7) is 1.52. The lowest BCUT2D eigenvalue weighted by Gasteiger charge is -2.20. The zero-order chi connectivity index (χ0) is 10.6. The Labute approximate surface area is 83.5 Å². The van der Waals surface area contributed by atoms with Crippen molar-refractivity contribution in [1.82, 2.24) is 4.90 Å². The van der Waals surface area contributed by atoms with Gasteiger partial charge in [-0.1, -0.05) is 17.3 Å². The van der Waals surface area contributed by atoms with Crippen molar-refractivity contribution in [1.29, 1.82) is 0 Å². The van der Waals surface area contributed by atoms with E-state index in [4.69, 9.17) is 4.84 Å². The Balaban J connectivity index is 2.92. The Kier molecular flexibility index (Phi) is 3.45. The van der Waals surface area contributed by atoms with Gasteiger partial charge in [0.15, 0.2) is 0 Å². The zero-order valence-electron chi connectivity index (χ0n) is 8.65. The van der Waals surface area contributed by atoms with Gasteiger partial charge in [0.2, 0.25) is 5.91 Å². The van der Waals surface area contributed by atoms with Gasteiger partial charge in [0.05, 0.1) is 5.70 Å². The zero-order valence-corrected chi connectivity index (χ0v) is 8.65. The van der Waals surface area contributed by atoms with Crippen molar-refractivity contribution in [3.63, 3.8) is 0 Å². The highest BCUT2D eigenvalue weighted by molar-refractivity contribution is 6.04. The van der Waals surface area contributed by atoms with Crippen LogP contribution in [0, 0.1) is 0 Å². The number of hydrogen-bond donors (Lipinski definition) is 0. The lowest BCUT2D eigenvalue weighted by molar-refractivity contribution is -0.125. The van der Waals surface area contributed by atoms with Gasteiger partial charge < -0.3 is 9.74 Å². The molecule has 0 aromatic rings. The van der Waals surface area contributed by atoms with Gasteiger partial charge in [0.25, 0.3) is 0 Å². The number of rotatable bonds is 2. The van der Waals surface area contributed by atoms with Crippen molar-refractivity contribution >= 4 is 11.6 Å². The molecule has 0 saturated carbocycles. The summed E-state index contributed by atoms with van der Waals surface area (Å²) in [7, 11) is 3.22. The largest absolute Gasteiger partial charge is 0.399 e. The van der Waals surface area contributed by atoms with E-state index in [1.807, 2.05) is 18.2 Å². The van der Waals surface area contributed by atoms with E-state index >= 15 is 0 Å². The molecule has 76 valence electrons. The third-order valence-corrected chi connectivity index (χ3v) is 2.03. The lowest BCUT2D eigenvalue weighted by Crippen LogP contribution is -2.28. The minimum atomic E-state index is -0.0182. The van der Waals surface area contributed by atoms with E-state index in [1.54, 1.807) is 11.9 Å². The van der Waals surface area contributed by atoms with Crippen LogP contribution < -0.4 is 0 Å². The van der Waals surface area contributed by atoms with E-state index in [1.165, 1.54) is 14.0 Å². The predicted octanol–water partition coefficient (Wildman–Crippen LogP) is 1.31. The first-order valence-electron chi connectivity index (χ1n) is 4.38. The monoisotopic (exact) mass is 194 g/mol. The number of amides is 1. The van der Waals surface area contributed by atoms with Gasteiger partial charge in [0, 0.05) is 20.4 Å². The minimum Gasteiger partial charge on any atom is -0.399 e. The molecular weight excluding hydrogens is 180 g/mol. The normalized spacial score (nSPS) is 17.9. The van der Waals surface area contributed by atoms with Crippen molar-refractivity contribution in [3.8, 4) is 0 Å². The van der Waals surface area contributed by atoms with Gasteiger partial charge in [0.1, 0.15) is 12.8 Å². The molecule has 0 aromatic carbocycles. The SMILES string of the molecule is CON=C1CC=CC=C1N(C)C(C)=O. The quantitative estimate of drug-likeness (QED) is 0.622. The number of oxime groups is 1. The van der Waals surface area contributed by atoms with Crippen LogP contribution in [0.15, 0.2) is 29.1 Å². The molecule has 0 heterocycles. The summed E-state index contributed by atoms with van der Waals surface area (Å²) in [6, 6.07) is 0. The van der Waals surface area contributed by atoms with E-state index in [2.05, 4.69) is 5.16 Å². The van der Waals surface area contributed by atoms with Gasteiger partial charge in [-0.15, -0.1) is 0 Å². The van der Waals surface area contributed by atoms with Gasteiger partial charge in [-0.2, -0.15) is 0 Å². The molecule has 0 saturated heterocycles. The highest BCUT2D eigenvalue weighted by Gasteiger charge is 2.16. The van der Waals surface area contributed by atoms with Crippen LogP contribution in [0.4, 0.5) is 0 Å². The summed E-state index contributed by atoms with van der Waals surface area (Å²) < 4.78 is 0. The van der Waals surface area contributed by atoms with Crippen LogP contribution in [0.3, 0.4) is 0 Å². The van der Waals surface area contributed by atoms with E-state index in [0.717, 1.165) is 11.4 Å². The van der Waals surface area contributed by atoms with E-state index in [9.17, 15) is 4.79 Å². The minimum absolute atomic E-state index is 0.0182. The van der Waals surface area contributed by atoms with Crippen molar-refractivity contribution < 1.29 is 9.63 Å². The average Bonchev–Trinajstić information content (AvgIpc) is 2.18. The Morgan fingerprint density at radius 3 is 2.93 bits per heavy atom. The van der Waals surface area contributed by atoms with E-state index in [0.29, 0.717) is 6.42 Å². The molecule has 0 atom stereocenters. The highest BCUT2D eigenvalue weighted by atomic mass is 16.6. The maximum atomic E-state index is 11.2. The first-order chi connectivity index (χ1) is 6.66. The van der Waals surface area contributed by atoms with Crippen LogP contribution >= 0.6 is 0 Å². The van der Waals surface area contributed by atoms with Crippen LogP contribution in [0.25, 0.3) is 0 Å². The molecule has 1 aliphatic carbocycles. The number of allylic oxidation sites excluding steroid dienone is 4. The van der Waals surface area contributed by atoms with Crippen LogP contribution in [0.5, 0.6) is 0 Å². The molecule has 4 heteroatoms. The summed E-state index contributed by atoms with van der Waals surface area (Å²) in [4.78, 5) is 17.4. The third kappa shape index (κ3) is 2.22. The smallest absolute Gasteiger partial charge is 0.223 e. The maximum absolute atomic E-state index is 11.2. The molecule has 0 spiro atoms. The summed E-state index contributed by atoms with van der Waals surface area (Å²) in [5.41, 5.74) is 1.56. The van der Waals surface area contributed by atoms with Crippen LogP contribution in [-0.2, 0) is 9.63 Å². The molecule has 0 bridgehead atoms. The van der Waals surface area contributed by atoms with Gasteiger partial charge >= 0.3 is 0 Å². The number of carbonyl (C=O) groups excluding carboxylic acids is 1. The molecule has 0 aromatic heterocycles. The summed E-state index contributed by atoms with van der Waals surface area (Å²) in [5, 5.41) is 3.87. The first-order valence-corrected chi connectivity index (χ1v) is 4.38. The van der Waals surface area contributed by atoms with Crippen LogP contribution in [0.1, 0.15) is 13.3 Å². The molecule has 4 nitrogen and oxygen atoms in total. The second kappa shape index (κ2) is 4.60. The molecule has 14 heavy (non-hydrogen) atoms. The first kappa shape index (κ1) is 10.5. The molecule has 0 N–H and O–H groups in total. The molecule has 1 aliphatic rings. The van der Waals surface area contributed by atoms with Crippen molar-refractivity contribution in [2.24, 2.45) is 5.16 Å². The van der Waals surface area contributed by atoms with Gasteiger partial charge in [-0.25, -0.2) is 0 Å². The average molecular weight is 194 g/mol. The Bertz CT molecular complexity index is 316. The van der Waals surface area contributed by atoms with Crippen molar-refractivity contribution in [2.45, 2.75) is 13.3 Å². The fraction of sp³-hybridized carbons (Fsp3) is 0.400. The standard InChI is InChI=1S/C10H14N2O2/c1-8(13)12(2)10-7-5-4-6-9(10)11-14-3/h4-5,7H,6H2,1-3H3. The fourth-order valence-corrected chi connectivity index (χ4v) is 1.21. The Hall–Kier alpha value is -1.58. The van der Waals surface area contributed by atoms with Crippen molar-refractivity contribution in [3.05, 3.63) is 23.9 Å². The van der Waals surface area contributed by atoms with E-state index < -0.39 is 0 Å². The fourth-order valence-electron chi connectivity index (χ4n) is 1.21. The van der Waals surface area contributed by atoms with Crippen LogP contribution in [0.2, 0.25) is 0 Å². The van der Waals surface area contributed by atoms with Gasteiger partial charge in [-0.3, -0.25) is 4.79 Å². The topological polar surface area (TPSA) is 41.9 Å². The highest BCUT2D eigenvalue weighted by Crippen LogP contribution is 2.13. The number of nitrogens with zero attached hydrogens (tertiary/aromatic N) is 2. The van der Waals surface area contributed by atoms with E-state index in [-0.39, 0.29) is 5.91 Å². The molecule has 0 radical (unpaired) electrons. The summed E-state index contributed by atoms with van der Waals surface area (Å²) in [6.07, 6.45) is 6.42. The summed E-state index contributed by atoms with van der Waals surface area (Å²) in [5.74, 6) is -0.0182. The van der Waals surface area contributed by atoms with Crippen LogP contribution in [-0.4, -0.2) is 30.7 Å². The van der Waals surface area contributed by atoms with Crippen molar-refractivity contribution in [2.75, 3.05) is 14.2 Å². The Morgan fingerprint density at radius 1 is 1.64 bits per heavy atom. The number of carbonyl (C=O) groups is 1. The number of hydrogen-bond acceptors (Lipinski definition) is 3. The molecular formula is C10H14N2O2. The molecule has 0 unspecified atom stereocenters. The predicted molar refractivity (Wildman–Crippen MR) is 54.7 cm³/mol.